The highest BCUT2D eigenvalue weighted by molar-refractivity contribution is 5.26. The van der Waals surface area contributed by atoms with Crippen LogP contribution < -0.4 is 5.32 Å². The van der Waals surface area contributed by atoms with Crippen molar-refractivity contribution in [3.8, 4) is 5.75 Å². The van der Waals surface area contributed by atoms with Crippen molar-refractivity contribution in [3.05, 3.63) is 29.8 Å². The summed E-state index contributed by atoms with van der Waals surface area (Å²) in [6.07, 6.45) is -2.28. The lowest BCUT2D eigenvalue weighted by molar-refractivity contribution is -0.183. The highest BCUT2D eigenvalue weighted by atomic mass is 19.4. The summed E-state index contributed by atoms with van der Waals surface area (Å²) in [5, 5.41) is 12.5. The first-order valence-corrected chi connectivity index (χ1v) is 6.53. The Kier molecular flexibility index (Phi) is 4.34. The molecule has 1 aliphatic rings. The minimum absolute atomic E-state index is 0.0947. The molecule has 0 heterocycles. The van der Waals surface area contributed by atoms with Gasteiger partial charge in [0, 0.05) is 12.6 Å². The summed E-state index contributed by atoms with van der Waals surface area (Å²) >= 11 is 0. The monoisotopic (exact) mass is 273 g/mol. The molecule has 1 saturated carbocycles. The summed E-state index contributed by atoms with van der Waals surface area (Å²) in [5.74, 6) is -1.00. The predicted octanol–water partition coefficient (Wildman–Crippen LogP) is 3.60. The van der Waals surface area contributed by atoms with Gasteiger partial charge in [-0.05, 0) is 37.0 Å². The van der Waals surface area contributed by atoms with Gasteiger partial charge in [0.2, 0.25) is 0 Å². The second kappa shape index (κ2) is 5.82. The van der Waals surface area contributed by atoms with Gasteiger partial charge >= 0.3 is 6.18 Å². The Bertz CT molecular complexity index is 419. The van der Waals surface area contributed by atoms with Gasteiger partial charge in [0.1, 0.15) is 5.75 Å². The second-order valence-corrected chi connectivity index (χ2v) is 5.15. The Morgan fingerprint density at radius 2 is 2.05 bits per heavy atom. The van der Waals surface area contributed by atoms with Crippen LogP contribution in [0.1, 0.15) is 31.2 Å². The number of phenols is 1. The fourth-order valence-corrected chi connectivity index (χ4v) is 2.60. The van der Waals surface area contributed by atoms with Crippen molar-refractivity contribution in [2.24, 2.45) is 5.92 Å². The van der Waals surface area contributed by atoms with Gasteiger partial charge in [-0.3, -0.25) is 0 Å². The van der Waals surface area contributed by atoms with Crippen LogP contribution in [0, 0.1) is 5.92 Å². The Balaban J connectivity index is 1.86. The Morgan fingerprint density at radius 3 is 2.74 bits per heavy atom. The number of rotatable bonds is 3. The molecule has 0 bridgehead atoms. The first-order chi connectivity index (χ1) is 8.95. The zero-order chi connectivity index (χ0) is 13.9. The maximum absolute atomic E-state index is 12.7. The number of alkyl halides is 3. The molecule has 2 unspecified atom stereocenters. The van der Waals surface area contributed by atoms with E-state index in [2.05, 4.69) is 5.32 Å². The van der Waals surface area contributed by atoms with Gasteiger partial charge in [0.15, 0.2) is 0 Å². The molecule has 106 valence electrons. The van der Waals surface area contributed by atoms with Gasteiger partial charge < -0.3 is 10.4 Å². The predicted molar refractivity (Wildman–Crippen MR) is 66.7 cm³/mol. The molecule has 0 radical (unpaired) electrons. The molecule has 5 heteroatoms. The van der Waals surface area contributed by atoms with Crippen LogP contribution in [0.25, 0.3) is 0 Å². The average Bonchev–Trinajstić information content (AvgIpc) is 2.36. The average molecular weight is 273 g/mol. The molecule has 2 atom stereocenters. The van der Waals surface area contributed by atoms with Crippen molar-refractivity contribution in [1.82, 2.24) is 5.32 Å². The summed E-state index contributed by atoms with van der Waals surface area (Å²) in [6.45, 7) is 0.490. The van der Waals surface area contributed by atoms with E-state index < -0.39 is 12.1 Å². The number of aromatic hydroxyl groups is 1. The van der Waals surface area contributed by atoms with Crippen LogP contribution in [0.3, 0.4) is 0 Å². The first kappa shape index (κ1) is 14.2. The highest BCUT2D eigenvalue weighted by Crippen LogP contribution is 2.37. The van der Waals surface area contributed by atoms with Gasteiger partial charge in [0.25, 0.3) is 0 Å². The normalized spacial score (nSPS) is 24.4. The van der Waals surface area contributed by atoms with Crippen molar-refractivity contribution in [2.75, 3.05) is 0 Å². The summed E-state index contributed by atoms with van der Waals surface area (Å²) in [5.41, 5.74) is 0.883. The van der Waals surface area contributed by atoms with Crippen molar-refractivity contribution in [2.45, 2.75) is 44.4 Å². The fourth-order valence-electron chi connectivity index (χ4n) is 2.60. The van der Waals surface area contributed by atoms with Crippen LogP contribution in [0.15, 0.2) is 24.3 Å². The molecule has 1 aliphatic carbocycles. The molecule has 1 fully saturated rings. The lowest BCUT2D eigenvalue weighted by Crippen LogP contribution is -2.38. The molecule has 0 aliphatic heterocycles. The van der Waals surface area contributed by atoms with E-state index in [1.54, 1.807) is 18.2 Å². The van der Waals surface area contributed by atoms with Crippen molar-refractivity contribution in [3.63, 3.8) is 0 Å². The van der Waals surface area contributed by atoms with Crippen molar-refractivity contribution in [1.29, 1.82) is 0 Å². The van der Waals surface area contributed by atoms with Crippen molar-refractivity contribution < 1.29 is 18.3 Å². The Morgan fingerprint density at radius 1 is 1.26 bits per heavy atom. The zero-order valence-corrected chi connectivity index (χ0v) is 10.6. The fraction of sp³-hybridized carbons (Fsp3) is 0.571. The van der Waals surface area contributed by atoms with E-state index in [1.165, 1.54) is 0 Å². The van der Waals surface area contributed by atoms with E-state index >= 15 is 0 Å². The maximum Gasteiger partial charge on any atom is 0.391 e. The van der Waals surface area contributed by atoms with Crippen LogP contribution in [-0.2, 0) is 6.54 Å². The number of nitrogens with one attached hydrogen (secondary N) is 1. The van der Waals surface area contributed by atoms with Crippen LogP contribution in [0.4, 0.5) is 13.2 Å². The third kappa shape index (κ3) is 4.13. The lowest BCUT2D eigenvalue weighted by atomic mass is 9.85. The molecule has 1 aromatic rings. The van der Waals surface area contributed by atoms with Gasteiger partial charge in [-0.1, -0.05) is 18.6 Å². The lowest BCUT2D eigenvalue weighted by Gasteiger charge is -2.31. The standard InChI is InChI=1S/C14H18F3NO/c15-14(16,17)11-4-2-5-12(8-11)18-9-10-3-1-6-13(19)7-10/h1,3,6-7,11-12,18-19H,2,4-5,8-9H2. The number of hydrogen-bond acceptors (Lipinski definition) is 2. The van der Waals surface area contributed by atoms with E-state index in [0.29, 0.717) is 13.0 Å². The minimum Gasteiger partial charge on any atom is -0.508 e. The smallest absolute Gasteiger partial charge is 0.391 e. The molecule has 0 aromatic heterocycles. The molecular weight excluding hydrogens is 255 g/mol. The summed E-state index contributed by atoms with van der Waals surface area (Å²) < 4.78 is 38.0. The Labute approximate surface area is 110 Å². The van der Waals surface area contributed by atoms with Crippen molar-refractivity contribution >= 4 is 0 Å². The quantitative estimate of drug-likeness (QED) is 0.882. The van der Waals surface area contributed by atoms with Gasteiger partial charge in [-0.15, -0.1) is 0 Å². The van der Waals surface area contributed by atoms with E-state index in [0.717, 1.165) is 12.0 Å². The molecule has 2 nitrogen and oxygen atoms in total. The van der Waals surface area contributed by atoms with E-state index in [9.17, 15) is 18.3 Å². The van der Waals surface area contributed by atoms with Crippen LogP contribution in [0.2, 0.25) is 0 Å². The molecule has 2 N–H and O–H groups in total. The number of benzene rings is 1. The molecule has 19 heavy (non-hydrogen) atoms. The van der Waals surface area contributed by atoms with Crippen LogP contribution >= 0.6 is 0 Å². The number of halogens is 3. The van der Waals surface area contributed by atoms with E-state index in [1.807, 2.05) is 6.07 Å². The van der Waals surface area contributed by atoms with E-state index in [-0.39, 0.29) is 24.6 Å². The zero-order valence-electron chi connectivity index (χ0n) is 10.6. The molecular formula is C14H18F3NO. The molecule has 0 spiro atoms. The summed E-state index contributed by atoms with van der Waals surface area (Å²) in [7, 11) is 0. The Hall–Kier alpha value is -1.23. The maximum atomic E-state index is 12.7. The third-order valence-corrected chi connectivity index (χ3v) is 3.64. The van der Waals surface area contributed by atoms with Gasteiger partial charge in [-0.2, -0.15) is 13.2 Å². The summed E-state index contributed by atoms with van der Waals surface area (Å²) in [4.78, 5) is 0. The number of hydrogen-bond donors (Lipinski definition) is 2. The molecule has 0 saturated heterocycles. The second-order valence-electron chi connectivity index (χ2n) is 5.15. The molecule has 1 aromatic carbocycles. The van der Waals surface area contributed by atoms with E-state index in [4.69, 9.17) is 0 Å². The summed E-state index contributed by atoms with van der Waals surface area (Å²) in [6, 6.07) is 6.67. The van der Waals surface area contributed by atoms with Crippen LogP contribution in [0.5, 0.6) is 5.75 Å². The molecule has 0 amide bonds. The largest absolute Gasteiger partial charge is 0.508 e. The first-order valence-electron chi connectivity index (χ1n) is 6.53. The van der Waals surface area contributed by atoms with Gasteiger partial charge in [0.05, 0.1) is 5.92 Å². The third-order valence-electron chi connectivity index (χ3n) is 3.64. The number of phenolic OH excluding ortho intramolecular Hbond substituents is 1. The highest BCUT2D eigenvalue weighted by Gasteiger charge is 2.41. The minimum atomic E-state index is -4.08. The van der Waals surface area contributed by atoms with Crippen LogP contribution in [-0.4, -0.2) is 17.3 Å². The molecule has 2 rings (SSSR count). The topological polar surface area (TPSA) is 32.3 Å². The van der Waals surface area contributed by atoms with Gasteiger partial charge in [-0.25, -0.2) is 0 Å². The SMILES string of the molecule is Oc1cccc(CNC2CCCC(C(F)(F)F)C2)c1.